The number of rotatable bonds is 11. The normalized spacial score (nSPS) is 31.4. The van der Waals surface area contributed by atoms with E-state index < -0.39 is 26.8 Å². The maximum Gasteiger partial charge on any atom is 0.264 e. The Hall–Kier alpha value is 0.264. The molecule has 0 bridgehead atoms. The first kappa shape index (κ1) is 32.5. The van der Waals surface area contributed by atoms with Crippen molar-refractivity contribution in [3.63, 3.8) is 0 Å². The van der Waals surface area contributed by atoms with E-state index in [1.165, 1.54) is 6.26 Å². The smallest absolute Gasteiger partial charge is 0.264 e. The molecule has 0 spiro atoms. The molecule has 0 heterocycles. The Morgan fingerprint density at radius 2 is 1.61 bits per heavy atom. The number of fused-ring (bicyclic) bond motifs is 1. The van der Waals surface area contributed by atoms with Gasteiger partial charge in [0, 0.05) is 6.10 Å². The van der Waals surface area contributed by atoms with Gasteiger partial charge in [-0.3, -0.25) is 4.18 Å². The third-order valence-corrected chi connectivity index (χ3v) is 15.6. The molecule has 2 aliphatic carbocycles. The van der Waals surface area contributed by atoms with Gasteiger partial charge in [0.25, 0.3) is 10.1 Å². The van der Waals surface area contributed by atoms with Crippen LogP contribution in [0, 0.1) is 23.2 Å². The number of hydrogen-bond donors (Lipinski definition) is 0. The lowest BCUT2D eigenvalue weighted by atomic mass is 9.61. The third kappa shape index (κ3) is 8.38. The Morgan fingerprint density at radius 1 is 1.03 bits per heavy atom. The Labute approximate surface area is 226 Å². The maximum absolute atomic E-state index is 12.3. The summed E-state index contributed by atoms with van der Waals surface area (Å²) in [5.74, 6) is 0.927. The van der Waals surface area contributed by atoms with Crippen LogP contribution in [0.1, 0.15) is 93.4 Å². The predicted octanol–water partition coefficient (Wildman–Crippen LogP) is 7.98. The van der Waals surface area contributed by atoms with Gasteiger partial charge in [0.15, 0.2) is 16.6 Å². The second-order valence-corrected chi connectivity index (χ2v) is 26.2. The van der Waals surface area contributed by atoms with Crippen LogP contribution in [0.2, 0.25) is 37.8 Å². The fraction of sp³-hybridized carbons (Fsp3) is 1.00. The molecular formula is C28H58O5SSi2. The van der Waals surface area contributed by atoms with Gasteiger partial charge in [0.1, 0.15) is 0 Å². The lowest BCUT2D eigenvalue weighted by Gasteiger charge is -2.49. The lowest BCUT2D eigenvalue weighted by Crippen LogP contribution is -2.50. The van der Waals surface area contributed by atoms with Crippen LogP contribution in [0.15, 0.2) is 0 Å². The second-order valence-electron chi connectivity index (χ2n) is 15.4. The molecule has 8 heteroatoms. The van der Waals surface area contributed by atoms with Crippen LogP contribution < -0.4 is 0 Å². The minimum Gasteiger partial charge on any atom is -0.414 e. The van der Waals surface area contributed by atoms with E-state index in [9.17, 15) is 8.42 Å². The van der Waals surface area contributed by atoms with Crippen molar-refractivity contribution in [3.05, 3.63) is 0 Å². The van der Waals surface area contributed by atoms with Crippen LogP contribution in [0.3, 0.4) is 0 Å². The summed E-state index contributed by atoms with van der Waals surface area (Å²) in [6, 6.07) is 0. The molecule has 0 N–H and O–H groups in total. The van der Waals surface area contributed by atoms with Gasteiger partial charge < -0.3 is 8.85 Å². The molecule has 5 nitrogen and oxygen atoms in total. The Balaban J connectivity index is 2.25. The van der Waals surface area contributed by atoms with Gasteiger partial charge in [-0.25, -0.2) is 0 Å². The largest absolute Gasteiger partial charge is 0.414 e. The van der Waals surface area contributed by atoms with Crippen LogP contribution in [0.5, 0.6) is 0 Å². The fourth-order valence-corrected chi connectivity index (χ4v) is 10.9. The first-order valence-electron chi connectivity index (χ1n) is 14.2. The van der Waals surface area contributed by atoms with Gasteiger partial charge in [-0.15, -0.1) is 0 Å². The molecule has 0 aromatic rings. The molecule has 0 aliphatic heterocycles. The second kappa shape index (κ2) is 11.0. The summed E-state index contributed by atoms with van der Waals surface area (Å²) < 4.78 is 44.0. The summed E-state index contributed by atoms with van der Waals surface area (Å²) >= 11 is 0. The molecule has 2 rings (SSSR count). The molecule has 36 heavy (non-hydrogen) atoms. The van der Waals surface area contributed by atoms with Crippen molar-refractivity contribution >= 4 is 26.8 Å². The SMILES string of the molecule is C[C@@H](CCCC(C)(C)O[Si](C)(C)C)[C@H]1[C@H](OS(C)(=O)=O)C[C@H]2[C@@H](O[Si](C)(C)C(C)(C)C)CCC[C@]12C. The molecule has 2 saturated carbocycles. The van der Waals surface area contributed by atoms with Crippen LogP contribution in [0.4, 0.5) is 0 Å². The number of hydrogen-bond acceptors (Lipinski definition) is 5. The van der Waals surface area contributed by atoms with Crippen LogP contribution in [0.25, 0.3) is 0 Å². The van der Waals surface area contributed by atoms with Gasteiger partial charge in [-0.2, -0.15) is 8.42 Å². The van der Waals surface area contributed by atoms with Crippen molar-refractivity contribution in [3.8, 4) is 0 Å². The summed E-state index contributed by atoms with van der Waals surface area (Å²) in [6.45, 7) is 27.4. The average Bonchev–Trinajstić information content (AvgIpc) is 2.89. The van der Waals surface area contributed by atoms with Gasteiger partial charge in [0.05, 0.1) is 18.0 Å². The molecular weight excluding hydrogens is 505 g/mol. The quantitative estimate of drug-likeness (QED) is 0.189. The lowest BCUT2D eigenvalue weighted by molar-refractivity contribution is -0.0283. The van der Waals surface area contributed by atoms with Crippen LogP contribution in [-0.2, 0) is 23.2 Å². The van der Waals surface area contributed by atoms with Gasteiger partial charge in [-0.1, -0.05) is 53.9 Å². The average molecular weight is 563 g/mol. The predicted molar refractivity (Wildman–Crippen MR) is 157 cm³/mol. The van der Waals surface area contributed by atoms with Gasteiger partial charge in [0.2, 0.25) is 0 Å². The molecule has 0 unspecified atom stereocenters. The summed E-state index contributed by atoms with van der Waals surface area (Å²) in [4.78, 5) is 0. The van der Waals surface area contributed by atoms with Crippen molar-refractivity contribution < 1.29 is 21.5 Å². The van der Waals surface area contributed by atoms with Crippen molar-refractivity contribution in [2.45, 2.75) is 149 Å². The zero-order chi connectivity index (χ0) is 28.0. The summed E-state index contributed by atoms with van der Waals surface area (Å²) in [6.07, 6.45) is 8.40. The van der Waals surface area contributed by atoms with E-state index in [2.05, 4.69) is 81.2 Å². The van der Waals surface area contributed by atoms with Gasteiger partial charge in [-0.05, 0) is 100 Å². The topological polar surface area (TPSA) is 61.8 Å². The highest BCUT2D eigenvalue weighted by Gasteiger charge is 2.59. The fourth-order valence-electron chi connectivity index (χ4n) is 7.10. The molecule has 2 aliphatic rings. The highest BCUT2D eigenvalue weighted by Crippen LogP contribution is 2.60. The summed E-state index contributed by atoms with van der Waals surface area (Å²) in [7, 11) is -7.07. The third-order valence-electron chi connectivity index (χ3n) is 9.33. The first-order chi connectivity index (χ1) is 16.0. The molecule has 0 radical (unpaired) electrons. The Bertz CT molecular complexity index is 843. The molecule has 0 aromatic heterocycles. The zero-order valence-corrected chi connectivity index (χ0v) is 28.6. The van der Waals surface area contributed by atoms with Crippen molar-refractivity contribution in [1.29, 1.82) is 0 Å². The standard InChI is InChI=1S/C28H58O5SSi2/c1-21(16-14-18-27(5,6)33-35(9,10)11)25-24(31-34(8,29)30)20-22-23(17-15-19-28(22,25)7)32-36(12,13)26(2,3)4/h21-25H,14-20H2,1-13H3/t21-,22-,23-,24+,25-,28-/m0/s1. The van der Waals surface area contributed by atoms with Crippen LogP contribution >= 0.6 is 0 Å². The van der Waals surface area contributed by atoms with Gasteiger partial charge >= 0.3 is 0 Å². The van der Waals surface area contributed by atoms with E-state index in [0.29, 0.717) is 11.8 Å². The molecule has 0 amide bonds. The monoisotopic (exact) mass is 562 g/mol. The highest BCUT2D eigenvalue weighted by molar-refractivity contribution is 7.86. The van der Waals surface area contributed by atoms with E-state index in [4.69, 9.17) is 13.0 Å². The van der Waals surface area contributed by atoms with Crippen molar-refractivity contribution in [1.82, 2.24) is 0 Å². The van der Waals surface area contributed by atoms with E-state index in [1.807, 2.05) is 0 Å². The molecule has 0 aromatic carbocycles. The van der Waals surface area contributed by atoms with E-state index in [1.54, 1.807) is 0 Å². The van der Waals surface area contributed by atoms with E-state index >= 15 is 0 Å². The Kier molecular flexibility index (Phi) is 9.95. The minimum absolute atomic E-state index is 0.0321. The Morgan fingerprint density at radius 3 is 2.11 bits per heavy atom. The highest BCUT2D eigenvalue weighted by atomic mass is 32.2. The van der Waals surface area contributed by atoms with E-state index in [0.717, 1.165) is 44.9 Å². The molecule has 6 atom stereocenters. The zero-order valence-electron chi connectivity index (χ0n) is 25.8. The first-order valence-corrected chi connectivity index (χ1v) is 22.4. The van der Waals surface area contributed by atoms with Crippen LogP contribution in [-0.4, -0.2) is 49.1 Å². The molecule has 0 saturated heterocycles. The summed E-state index contributed by atoms with van der Waals surface area (Å²) in [5.41, 5.74) is -0.0910. The summed E-state index contributed by atoms with van der Waals surface area (Å²) in [5, 5.41) is 0.152. The minimum atomic E-state index is -3.53. The van der Waals surface area contributed by atoms with Crippen molar-refractivity contribution in [2.75, 3.05) is 6.26 Å². The molecule has 2 fully saturated rings. The van der Waals surface area contributed by atoms with E-state index in [-0.39, 0.29) is 34.2 Å². The van der Waals surface area contributed by atoms with Crippen molar-refractivity contribution in [2.24, 2.45) is 23.2 Å². The molecule has 214 valence electrons. The maximum atomic E-state index is 12.3.